The van der Waals surface area contributed by atoms with Crippen molar-refractivity contribution in [2.45, 2.75) is 13.3 Å². The van der Waals surface area contributed by atoms with Crippen molar-refractivity contribution in [2.75, 3.05) is 12.4 Å². The fourth-order valence-corrected chi connectivity index (χ4v) is 3.09. The van der Waals surface area contributed by atoms with Gasteiger partial charge in [-0.3, -0.25) is 0 Å². The third-order valence-electron chi connectivity index (χ3n) is 4.38. The van der Waals surface area contributed by atoms with Gasteiger partial charge in [-0.2, -0.15) is 4.57 Å². The molecule has 0 aliphatic heterocycles. The number of aromatic nitrogens is 1. The number of hydrogen-bond donors (Lipinski definition) is 1. The van der Waals surface area contributed by atoms with Crippen LogP contribution in [0.4, 0.5) is 5.69 Å². The van der Waals surface area contributed by atoms with Crippen LogP contribution in [0.25, 0.3) is 11.5 Å². The van der Waals surface area contributed by atoms with Gasteiger partial charge in [-0.25, -0.2) is 0 Å². The van der Waals surface area contributed by atoms with Gasteiger partial charge in [-0.05, 0) is 47.6 Å². The molecule has 3 aromatic rings. The Bertz CT molecular complexity index is 966. The first-order valence-corrected chi connectivity index (χ1v) is 9.46. The molecular formula is C23H22N2O2S. The Labute approximate surface area is 170 Å². The summed E-state index contributed by atoms with van der Waals surface area (Å²) in [6.07, 6.45) is 4.56. The largest absolute Gasteiger partial charge is 0.867 e. The molecule has 2 aromatic carbocycles. The minimum Gasteiger partial charge on any atom is -0.867 e. The molecule has 0 amide bonds. The first-order chi connectivity index (χ1) is 13.6. The van der Waals surface area contributed by atoms with Crippen LogP contribution in [0.2, 0.25) is 0 Å². The van der Waals surface area contributed by atoms with Crippen LogP contribution in [0, 0.1) is 0 Å². The third-order valence-corrected chi connectivity index (χ3v) is 4.67. The minimum atomic E-state index is -0.134. The number of ether oxygens (including phenoxy) is 1. The molecule has 5 heteroatoms. The number of methoxy groups -OCH3 is 1. The van der Waals surface area contributed by atoms with Gasteiger partial charge in [0.2, 0.25) is 5.70 Å². The Morgan fingerprint density at radius 2 is 1.64 bits per heavy atom. The van der Waals surface area contributed by atoms with Gasteiger partial charge in [0.05, 0.1) is 7.11 Å². The fourth-order valence-electron chi connectivity index (χ4n) is 2.78. The van der Waals surface area contributed by atoms with E-state index in [9.17, 15) is 5.11 Å². The van der Waals surface area contributed by atoms with Crippen LogP contribution in [0.5, 0.6) is 5.75 Å². The van der Waals surface area contributed by atoms with E-state index >= 15 is 0 Å². The zero-order chi connectivity index (χ0) is 19.9. The lowest BCUT2D eigenvalue weighted by Gasteiger charge is -2.17. The zero-order valence-corrected chi connectivity index (χ0v) is 16.7. The van der Waals surface area contributed by atoms with E-state index < -0.39 is 0 Å². The second-order valence-corrected chi connectivity index (χ2v) is 6.60. The van der Waals surface area contributed by atoms with E-state index in [1.807, 2.05) is 79.1 Å². The van der Waals surface area contributed by atoms with E-state index in [0.29, 0.717) is 16.2 Å². The van der Waals surface area contributed by atoms with Crippen molar-refractivity contribution < 1.29 is 14.4 Å². The van der Waals surface area contributed by atoms with Gasteiger partial charge in [-0.1, -0.05) is 49.5 Å². The summed E-state index contributed by atoms with van der Waals surface area (Å²) in [5, 5.41) is 16.4. The van der Waals surface area contributed by atoms with Gasteiger partial charge in [-0.15, -0.1) is 0 Å². The summed E-state index contributed by atoms with van der Waals surface area (Å²) in [6.45, 7) is 2.09. The smallest absolute Gasteiger partial charge is 0.238 e. The van der Waals surface area contributed by atoms with E-state index in [1.54, 1.807) is 11.7 Å². The number of nitrogens with one attached hydrogen (secondary N) is 1. The van der Waals surface area contributed by atoms with E-state index in [2.05, 4.69) is 12.2 Å². The predicted octanol–water partition coefficient (Wildman–Crippen LogP) is 3.67. The molecule has 0 atom stereocenters. The van der Waals surface area contributed by atoms with Crippen LogP contribution in [0.1, 0.15) is 18.1 Å². The van der Waals surface area contributed by atoms with E-state index in [-0.39, 0.29) is 5.76 Å². The number of pyridine rings is 1. The summed E-state index contributed by atoms with van der Waals surface area (Å²) in [7, 11) is 1.62. The number of thiocarbonyl (C=S) groups is 1. The van der Waals surface area contributed by atoms with Gasteiger partial charge in [0.1, 0.15) is 5.75 Å². The average molecular weight is 391 g/mol. The Morgan fingerprint density at radius 1 is 1.00 bits per heavy atom. The quantitative estimate of drug-likeness (QED) is 0.302. The number of benzene rings is 2. The first kappa shape index (κ1) is 19.6. The van der Waals surface area contributed by atoms with Crippen LogP contribution in [0.3, 0.4) is 0 Å². The van der Waals surface area contributed by atoms with E-state index in [0.717, 1.165) is 17.9 Å². The maximum absolute atomic E-state index is 13.3. The maximum atomic E-state index is 13.3. The molecule has 0 fully saturated rings. The molecule has 0 saturated carbocycles. The molecule has 28 heavy (non-hydrogen) atoms. The van der Waals surface area contributed by atoms with Gasteiger partial charge in [0.15, 0.2) is 17.4 Å². The monoisotopic (exact) mass is 390 g/mol. The van der Waals surface area contributed by atoms with Crippen LogP contribution < -0.4 is 19.7 Å². The lowest BCUT2D eigenvalue weighted by atomic mass is 10.1. The van der Waals surface area contributed by atoms with Crippen molar-refractivity contribution in [3.05, 3.63) is 90.3 Å². The molecule has 0 saturated heterocycles. The van der Waals surface area contributed by atoms with Crippen molar-refractivity contribution in [1.82, 2.24) is 0 Å². The number of anilines is 1. The summed E-state index contributed by atoms with van der Waals surface area (Å²) < 4.78 is 6.93. The van der Waals surface area contributed by atoms with Crippen LogP contribution in [0.15, 0.2) is 79.1 Å². The van der Waals surface area contributed by atoms with E-state index in [4.69, 9.17) is 17.0 Å². The fraction of sp³-hybridized carbons (Fsp3) is 0.130. The maximum Gasteiger partial charge on any atom is 0.238 e. The van der Waals surface area contributed by atoms with Crippen molar-refractivity contribution in [3.8, 4) is 5.75 Å². The van der Waals surface area contributed by atoms with Crippen molar-refractivity contribution in [1.29, 1.82) is 0 Å². The molecule has 4 nitrogen and oxygen atoms in total. The van der Waals surface area contributed by atoms with Gasteiger partial charge in [0.25, 0.3) is 0 Å². The van der Waals surface area contributed by atoms with Crippen molar-refractivity contribution in [3.63, 3.8) is 0 Å². The van der Waals surface area contributed by atoms with Crippen LogP contribution in [-0.2, 0) is 6.42 Å². The summed E-state index contributed by atoms with van der Waals surface area (Å²) in [6, 6.07) is 20.7. The lowest BCUT2D eigenvalue weighted by molar-refractivity contribution is -0.577. The molecule has 3 rings (SSSR count). The molecule has 0 radical (unpaired) electrons. The number of nitrogens with zero attached hydrogens (tertiary/aromatic N) is 1. The van der Waals surface area contributed by atoms with Crippen LogP contribution >= 0.6 is 12.2 Å². The molecule has 0 aliphatic rings. The first-order valence-electron chi connectivity index (χ1n) is 9.05. The highest BCUT2D eigenvalue weighted by molar-refractivity contribution is 7.81. The molecule has 0 spiro atoms. The average Bonchev–Trinajstić information content (AvgIpc) is 2.75. The Hall–Kier alpha value is -3.18. The van der Waals surface area contributed by atoms with Gasteiger partial charge < -0.3 is 15.2 Å². The van der Waals surface area contributed by atoms with Crippen molar-refractivity contribution >= 4 is 34.3 Å². The Kier molecular flexibility index (Phi) is 6.40. The number of rotatable bonds is 6. The highest BCUT2D eigenvalue weighted by Gasteiger charge is 2.18. The zero-order valence-electron chi connectivity index (χ0n) is 15.9. The molecule has 0 aliphatic carbocycles. The summed E-state index contributed by atoms with van der Waals surface area (Å²) in [5.74, 6) is 0.620. The second kappa shape index (κ2) is 9.15. The summed E-state index contributed by atoms with van der Waals surface area (Å²) in [5.41, 5.74) is 2.97. The molecule has 1 aromatic heterocycles. The number of hydrogen-bond acceptors (Lipinski definition) is 3. The van der Waals surface area contributed by atoms with Gasteiger partial charge in [0, 0.05) is 17.8 Å². The van der Waals surface area contributed by atoms with Crippen LogP contribution in [-0.4, -0.2) is 12.1 Å². The van der Waals surface area contributed by atoms with E-state index in [1.165, 1.54) is 5.56 Å². The van der Waals surface area contributed by atoms with Gasteiger partial charge >= 0.3 is 0 Å². The molecule has 1 N–H and O–H groups in total. The SMILES string of the molecule is CCc1ccc(/C([O-])=C(/C(=S)Nc2ccc(OC)cc2)[n+]2ccccc2)cc1. The number of aryl methyl sites for hydroxylation is 1. The Morgan fingerprint density at radius 3 is 2.21 bits per heavy atom. The Balaban J connectivity index is 1.99. The predicted molar refractivity (Wildman–Crippen MR) is 115 cm³/mol. The second-order valence-electron chi connectivity index (χ2n) is 6.19. The third kappa shape index (κ3) is 4.56. The lowest BCUT2D eigenvalue weighted by Crippen LogP contribution is -2.39. The topological polar surface area (TPSA) is 48.2 Å². The molecular weight excluding hydrogens is 368 g/mol. The highest BCUT2D eigenvalue weighted by atomic mass is 32.1. The minimum absolute atomic E-state index is 0.134. The molecule has 0 unspecified atom stereocenters. The summed E-state index contributed by atoms with van der Waals surface area (Å²) in [4.78, 5) is 0.353. The van der Waals surface area contributed by atoms with Crippen molar-refractivity contribution in [2.24, 2.45) is 0 Å². The molecule has 142 valence electrons. The molecule has 0 bridgehead atoms. The summed E-state index contributed by atoms with van der Waals surface area (Å²) >= 11 is 5.60. The highest BCUT2D eigenvalue weighted by Crippen LogP contribution is 2.19. The normalized spacial score (nSPS) is 11.5. The molecule has 1 heterocycles. The standard InChI is InChI=1S/C23H22N2O2S/c1-3-17-7-9-18(10-8-17)22(26)21(25-15-5-4-6-16-25)23(28)24-19-11-13-20(27-2)14-12-19/h4-16H,3H2,1-2H3,(H-,24,26,28).